The molecule has 1 rings (SSSR count). The van der Waals surface area contributed by atoms with Gasteiger partial charge in [-0.15, -0.1) is 16.8 Å². The summed E-state index contributed by atoms with van der Waals surface area (Å²) in [5.41, 5.74) is -0.000216. The van der Waals surface area contributed by atoms with Crippen LogP contribution in [0.5, 0.6) is 0 Å². The van der Waals surface area contributed by atoms with Crippen molar-refractivity contribution in [3.05, 3.63) is 34.6 Å². The number of aromatic nitrogens is 2. The molecule has 0 spiro atoms. The Kier molecular flexibility index (Phi) is 5.06. The average Bonchev–Trinajstić information content (AvgIpc) is 2.30. The highest BCUT2D eigenvalue weighted by Gasteiger charge is 2.21. The molecule has 1 aromatic rings. The van der Waals surface area contributed by atoms with E-state index in [1.807, 2.05) is 0 Å². The van der Waals surface area contributed by atoms with Crippen molar-refractivity contribution >= 4 is 35.1 Å². The van der Waals surface area contributed by atoms with Crippen LogP contribution in [-0.4, -0.2) is 45.2 Å². The minimum Gasteiger partial charge on any atom is -0.480 e. The molecular formula is C10H9Cl2N3O3. The van der Waals surface area contributed by atoms with Crippen LogP contribution in [0.3, 0.4) is 0 Å². The molecule has 0 unspecified atom stereocenters. The van der Waals surface area contributed by atoms with E-state index in [4.69, 9.17) is 28.3 Å². The van der Waals surface area contributed by atoms with E-state index in [0.29, 0.717) is 0 Å². The molecule has 0 aromatic carbocycles. The van der Waals surface area contributed by atoms with E-state index >= 15 is 0 Å². The Morgan fingerprint density at radius 2 is 2.11 bits per heavy atom. The molecule has 8 heteroatoms. The Labute approximate surface area is 113 Å². The third-order valence-corrected chi connectivity index (χ3v) is 2.38. The zero-order chi connectivity index (χ0) is 13.7. The lowest BCUT2D eigenvalue weighted by atomic mass is 10.2. The maximum atomic E-state index is 12.0. The largest absolute Gasteiger partial charge is 0.480 e. The summed E-state index contributed by atoms with van der Waals surface area (Å²) in [6.07, 6.45) is 1.41. The van der Waals surface area contributed by atoms with E-state index in [9.17, 15) is 9.59 Å². The minimum absolute atomic E-state index is 0.000216. The van der Waals surface area contributed by atoms with E-state index in [1.165, 1.54) is 12.1 Å². The molecule has 0 fully saturated rings. The first kappa shape index (κ1) is 14.4. The topological polar surface area (TPSA) is 83.4 Å². The van der Waals surface area contributed by atoms with Crippen molar-refractivity contribution in [1.29, 1.82) is 0 Å². The molecule has 0 bridgehead atoms. The van der Waals surface area contributed by atoms with Gasteiger partial charge < -0.3 is 10.0 Å². The highest BCUT2D eigenvalue weighted by Crippen LogP contribution is 2.17. The second kappa shape index (κ2) is 6.32. The number of carboxylic acid groups (broad SMARTS) is 1. The minimum atomic E-state index is -1.14. The van der Waals surface area contributed by atoms with Crippen LogP contribution in [0.4, 0.5) is 0 Å². The normalized spacial score (nSPS) is 9.89. The molecule has 1 aromatic heterocycles. The number of rotatable bonds is 5. The molecule has 18 heavy (non-hydrogen) atoms. The van der Waals surface area contributed by atoms with Crippen molar-refractivity contribution in [3.8, 4) is 0 Å². The molecule has 0 radical (unpaired) electrons. The van der Waals surface area contributed by atoms with Gasteiger partial charge in [-0.3, -0.25) is 9.59 Å². The Morgan fingerprint density at radius 3 is 2.67 bits per heavy atom. The molecule has 0 atom stereocenters. The van der Waals surface area contributed by atoms with Crippen LogP contribution in [0.1, 0.15) is 10.4 Å². The van der Waals surface area contributed by atoms with Gasteiger partial charge in [0, 0.05) is 6.54 Å². The number of halogens is 2. The predicted octanol–water partition coefficient (Wildman–Crippen LogP) is 1.50. The van der Waals surface area contributed by atoms with E-state index in [1.54, 1.807) is 0 Å². The predicted molar refractivity (Wildman–Crippen MR) is 65.8 cm³/mol. The lowest BCUT2D eigenvalue weighted by Crippen LogP contribution is -2.36. The summed E-state index contributed by atoms with van der Waals surface area (Å²) in [4.78, 5) is 23.8. The zero-order valence-corrected chi connectivity index (χ0v) is 10.6. The molecule has 0 aliphatic heterocycles. The van der Waals surface area contributed by atoms with Crippen molar-refractivity contribution in [2.24, 2.45) is 0 Å². The fourth-order valence-corrected chi connectivity index (χ4v) is 1.53. The summed E-state index contributed by atoms with van der Waals surface area (Å²) in [5, 5.41) is 15.5. The van der Waals surface area contributed by atoms with Gasteiger partial charge >= 0.3 is 5.97 Å². The first-order valence-corrected chi connectivity index (χ1v) is 5.52. The van der Waals surface area contributed by atoms with Crippen molar-refractivity contribution in [2.75, 3.05) is 13.1 Å². The van der Waals surface area contributed by atoms with Gasteiger partial charge in [0.25, 0.3) is 5.91 Å². The van der Waals surface area contributed by atoms with Crippen LogP contribution in [0.2, 0.25) is 10.3 Å². The number of hydrogen-bond acceptors (Lipinski definition) is 4. The number of carbonyl (C=O) groups is 2. The molecular weight excluding hydrogens is 281 g/mol. The quantitative estimate of drug-likeness (QED) is 0.831. The smallest absolute Gasteiger partial charge is 0.323 e. The van der Waals surface area contributed by atoms with E-state index < -0.39 is 18.4 Å². The summed E-state index contributed by atoms with van der Waals surface area (Å²) in [5.74, 6) is -1.74. The lowest BCUT2D eigenvalue weighted by molar-refractivity contribution is -0.137. The Balaban J connectivity index is 3.04. The number of aliphatic carboxylic acids is 1. The van der Waals surface area contributed by atoms with Crippen molar-refractivity contribution in [3.63, 3.8) is 0 Å². The van der Waals surface area contributed by atoms with Gasteiger partial charge in [0.2, 0.25) is 0 Å². The first-order valence-electron chi connectivity index (χ1n) is 4.76. The number of hydrogen-bond donors (Lipinski definition) is 1. The summed E-state index contributed by atoms with van der Waals surface area (Å²) < 4.78 is 0. The highest BCUT2D eigenvalue weighted by molar-refractivity contribution is 6.34. The maximum Gasteiger partial charge on any atom is 0.323 e. The SMILES string of the molecule is C=CCN(CC(=O)O)C(=O)c1cc(Cl)nnc1Cl. The Morgan fingerprint density at radius 1 is 1.44 bits per heavy atom. The second-order valence-electron chi connectivity index (χ2n) is 3.24. The van der Waals surface area contributed by atoms with Gasteiger partial charge in [-0.25, -0.2) is 0 Å². The fraction of sp³-hybridized carbons (Fsp3) is 0.200. The third kappa shape index (κ3) is 3.68. The van der Waals surface area contributed by atoms with Crippen LogP contribution in [0.15, 0.2) is 18.7 Å². The van der Waals surface area contributed by atoms with Gasteiger partial charge in [0.05, 0.1) is 5.56 Å². The summed E-state index contributed by atoms with van der Waals surface area (Å²) in [7, 11) is 0. The van der Waals surface area contributed by atoms with Crippen LogP contribution in [0, 0.1) is 0 Å². The number of nitrogens with zero attached hydrogens (tertiary/aromatic N) is 3. The summed E-state index contributed by atoms with van der Waals surface area (Å²) in [6, 6.07) is 1.23. The second-order valence-corrected chi connectivity index (χ2v) is 3.98. The molecule has 1 heterocycles. The molecule has 0 aliphatic rings. The van der Waals surface area contributed by atoms with Crippen LogP contribution in [-0.2, 0) is 4.79 Å². The number of carboxylic acids is 1. The summed E-state index contributed by atoms with van der Waals surface area (Å²) >= 11 is 11.3. The first-order chi connectivity index (χ1) is 8.45. The highest BCUT2D eigenvalue weighted by atomic mass is 35.5. The number of amides is 1. The molecule has 0 saturated carbocycles. The van der Waals surface area contributed by atoms with Crippen LogP contribution < -0.4 is 0 Å². The monoisotopic (exact) mass is 289 g/mol. The molecule has 6 nitrogen and oxygen atoms in total. The zero-order valence-electron chi connectivity index (χ0n) is 9.14. The van der Waals surface area contributed by atoms with Crippen molar-refractivity contribution < 1.29 is 14.7 Å². The van der Waals surface area contributed by atoms with Gasteiger partial charge in [0.15, 0.2) is 10.3 Å². The number of carbonyl (C=O) groups excluding carboxylic acids is 1. The average molecular weight is 290 g/mol. The van der Waals surface area contributed by atoms with Crippen LogP contribution in [0.25, 0.3) is 0 Å². The van der Waals surface area contributed by atoms with Crippen LogP contribution >= 0.6 is 23.2 Å². The fourth-order valence-electron chi connectivity index (χ4n) is 1.21. The molecule has 1 N–H and O–H groups in total. The lowest BCUT2D eigenvalue weighted by Gasteiger charge is -2.18. The molecule has 1 amide bonds. The molecule has 0 aliphatic carbocycles. The molecule has 96 valence electrons. The van der Waals surface area contributed by atoms with E-state index in [-0.39, 0.29) is 22.4 Å². The van der Waals surface area contributed by atoms with Gasteiger partial charge in [-0.1, -0.05) is 29.3 Å². The third-order valence-electron chi connectivity index (χ3n) is 1.91. The van der Waals surface area contributed by atoms with Gasteiger partial charge in [0.1, 0.15) is 6.54 Å². The van der Waals surface area contributed by atoms with Gasteiger partial charge in [-0.2, -0.15) is 0 Å². The standard InChI is InChI=1S/C10H9Cl2N3O3/c1-2-3-15(5-8(16)17)10(18)6-4-7(11)13-14-9(6)12/h2,4H,1,3,5H2,(H,16,17). The Bertz CT molecular complexity index is 493. The summed E-state index contributed by atoms with van der Waals surface area (Å²) in [6.45, 7) is 3.05. The Hall–Kier alpha value is -1.66. The van der Waals surface area contributed by atoms with E-state index in [2.05, 4.69) is 16.8 Å². The van der Waals surface area contributed by atoms with Crippen molar-refractivity contribution in [2.45, 2.75) is 0 Å². The van der Waals surface area contributed by atoms with Crippen molar-refractivity contribution in [1.82, 2.24) is 15.1 Å². The molecule has 0 saturated heterocycles. The van der Waals surface area contributed by atoms with E-state index in [0.717, 1.165) is 4.90 Å². The maximum absolute atomic E-state index is 12.0. The van der Waals surface area contributed by atoms with Gasteiger partial charge in [-0.05, 0) is 6.07 Å².